The van der Waals surface area contributed by atoms with E-state index in [1.165, 1.54) is 4.68 Å². The first-order valence-corrected chi connectivity index (χ1v) is 9.71. The van der Waals surface area contributed by atoms with Crippen LogP contribution >= 0.6 is 0 Å². The molecule has 0 aliphatic carbocycles. The predicted molar refractivity (Wildman–Crippen MR) is 114 cm³/mol. The number of hydrogen-bond acceptors (Lipinski definition) is 6. The smallest absolute Gasteiger partial charge is 0.312 e. The van der Waals surface area contributed by atoms with E-state index < -0.39 is 4.92 Å². The van der Waals surface area contributed by atoms with Gasteiger partial charge in [0.1, 0.15) is 17.1 Å². The van der Waals surface area contributed by atoms with Crippen molar-refractivity contribution in [3.05, 3.63) is 63.7 Å². The summed E-state index contributed by atoms with van der Waals surface area (Å²) in [6.07, 6.45) is 1.65. The first-order chi connectivity index (χ1) is 14.8. The lowest BCUT2D eigenvalue weighted by Gasteiger charge is -2.10. The van der Waals surface area contributed by atoms with Gasteiger partial charge in [0.2, 0.25) is 5.91 Å². The lowest BCUT2D eigenvalue weighted by atomic mass is 10.2. The van der Waals surface area contributed by atoms with E-state index in [1.807, 2.05) is 6.92 Å². The molecule has 0 unspecified atom stereocenters. The van der Waals surface area contributed by atoms with Crippen LogP contribution in [-0.4, -0.2) is 36.3 Å². The summed E-state index contributed by atoms with van der Waals surface area (Å²) in [7, 11) is 0. The number of nitrogens with one attached hydrogen (secondary N) is 2. The monoisotopic (exact) mass is 425 g/mol. The molecule has 0 saturated carbocycles. The van der Waals surface area contributed by atoms with Crippen molar-refractivity contribution in [2.24, 2.45) is 0 Å². The average Bonchev–Trinajstić information content (AvgIpc) is 3.30. The zero-order valence-corrected chi connectivity index (χ0v) is 17.5. The van der Waals surface area contributed by atoms with E-state index in [0.717, 1.165) is 0 Å². The van der Waals surface area contributed by atoms with E-state index in [2.05, 4.69) is 20.8 Å². The van der Waals surface area contributed by atoms with E-state index in [1.54, 1.807) is 55.1 Å². The van der Waals surface area contributed by atoms with Crippen LogP contribution in [0.1, 0.15) is 35.2 Å². The molecule has 11 heteroatoms. The Kier molecular flexibility index (Phi) is 6.43. The van der Waals surface area contributed by atoms with Crippen molar-refractivity contribution in [1.29, 1.82) is 0 Å². The van der Waals surface area contributed by atoms with Gasteiger partial charge in [0, 0.05) is 30.5 Å². The molecule has 0 aliphatic heterocycles. The average molecular weight is 425 g/mol. The van der Waals surface area contributed by atoms with Crippen LogP contribution in [0, 0.1) is 24.0 Å². The molecule has 3 rings (SSSR count). The topological polar surface area (TPSA) is 137 Å². The Morgan fingerprint density at radius 1 is 1.13 bits per heavy atom. The van der Waals surface area contributed by atoms with E-state index in [0.29, 0.717) is 35.0 Å². The first kappa shape index (κ1) is 21.7. The fourth-order valence-electron chi connectivity index (χ4n) is 3.25. The summed E-state index contributed by atoms with van der Waals surface area (Å²) in [5, 5.41) is 24.9. The van der Waals surface area contributed by atoms with Crippen LogP contribution in [0.3, 0.4) is 0 Å². The van der Waals surface area contributed by atoms with Crippen LogP contribution < -0.4 is 10.6 Å². The lowest BCUT2D eigenvalue weighted by molar-refractivity contribution is -0.386. The maximum Gasteiger partial charge on any atom is 0.312 e. The van der Waals surface area contributed by atoms with Crippen LogP contribution in [0.5, 0.6) is 0 Å². The number of hydrogen-bond donors (Lipinski definition) is 2. The van der Waals surface area contributed by atoms with Crippen LogP contribution in [0.4, 0.5) is 17.1 Å². The summed E-state index contributed by atoms with van der Waals surface area (Å²) in [5.74, 6) is -0.573. The molecule has 1 aromatic carbocycles. The van der Waals surface area contributed by atoms with Crippen LogP contribution in [-0.2, 0) is 17.9 Å². The second-order valence-electron chi connectivity index (χ2n) is 6.86. The van der Waals surface area contributed by atoms with Crippen molar-refractivity contribution in [1.82, 2.24) is 19.6 Å². The third kappa shape index (κ3) is 4.94. The number of rotatable bonds is 8. The van der Waals surface area contributed by atoms with Crippen molar-refractivity contribution in [3.8, 4) is 0 Å². The van der Waals surface area contributed by atoms with Gasteiger partial charge in [-0.1, -0.05) is 6.07 Å². The summed E-state index contributed by atoms with van der Waals surface area (Å²) in [4.78, 5) is 35.4. The molecule has 2 heterocycles. The molecule has 2 aromatic heterocycles. The number of nitrogens with zero attached hydrogens (tertiary/aromatic N) is 5. The molecule has 11 nitrogen and oxygen atoms in total. The molecule has 0 fully saturated rings. The van der Waals surface area contributed by atoms with Crippen molar-refractivity contribution >= 4 is 28.9 Å². The standard InChI is InChI=1S/C20H23N7O4/c1-4-25-17(8-10-21-25)20(29)23-16-7-5-6-15(12-16)22-18(28)9-11-26-14(3)19(27(30)31)13(2)24-26/h5-8,10,12H,4,9,11H2,1-3H3,(H,22,28)(H,23,29). The van der Waals surface area contributed by atoms with E-state index in [-0.39, 0.29) is 30.5 Å². The van der Waals surface area contributed by atoms with Gasteiger partial charge in [-0.2, -0.15) is 10.2 Å². The van der Waals surface area contributed by atoms with Gasteiger partial charge in [-0.05, 0) is 45.0 Å². The molecule has 2 N–H and O–H groups in total. The summed E-state index contributed by atoms with van der Waals surface area (Å²) >= 11 is 0. The zero-order chi connectivity index (χ0) is 22.5. The molecule has 0 atom stereocenters. The number of carbonyl (C=O) groups is 2. The van der Waals surface area contributed by atoms with Gasteiger partial charge >= 0.3 is 5.69 Å². The number of amides is 2. The molecule has 0 saturated heterocycles. The van der Waals surface area contributed by atoms with Gasteiger partial charge in [-0.25, -0.2) is 0 Å². The summed E-state index contributed by atoms with van der Waals surface area (Å²) in [5.41, 5.74) is 2.18. The molecular formula is C20H23N7O4. The normalized spacial score (nSPS) is 10.7. The summed E-state index contributed by atoms with van der Waals surface area (Å²) in [6.45, 7) is 5.85. The van der Waals surface area contributed by atoms with Gasteiger partial charge in [0.05, 0.1) is 11.5 Å². The summed E-state index contributed by atoms with van der Waals surface area (Å²) < 4.78 is 3.05. The van der Waals surface area contributed by atoms with Crippen molar-refractivity contribution in [2.45, 2.75) is 40.3 Å². The Bertz CT molecular complexity index is 1130. The second-order valence-corrected chi connectivity index (χ2v) is 6.86. The first-order valence-electron chi connectivity index (χ1n) is 9.71. The van der Waals surface area contributed by atoms with E-state index in [4.69, 9.17) is 0 Å². The van der Waals surface area contributed by atoms with Gasteiger partial charge in [0.25, 0.3) is 5.91 Å². The lowest BCUT2D eigenvalue weighted by Crippen LogP contribution is -2.18. The van der Waals surface area contributed by atoms with Crippen molar-refractivity contribution < 1.29 is 14.5 Å². The fourth-order valence-corrected chi connectivity index (χ4v) is 3.25. The largest absolute Gasteiger partial charge is 0.326 e. The molecule has 0 radical (unpaired) electrons. The third-order valence-corrected chi connectivity index (χ3v) is 4.73. The molecular weight excluding hydrogens is 402 g/mol. The highest BCUT2D eigenvalue weighted by Gasteiger charge is 2.21. The number of nitro groups is 1. The molecule has 2 amide bonds. The van der Waals surface area contributed by atoms with Gasteiger partial charge in [-0.3, -0.25) is 29.1 Å². The molecule has 0 aliphatic rings. The minimum absolute atomic E-state index is 0.0340. The highest BCUT2D eigenvalue weighted by molar-refractivity contribution is 6.03. The van der Waals surface area contributed by atoms with Crippen molar-refractivity contribution in [2.75, 3.05) is 10.6 Å². The fraction of sp³-hybridized carbons (Fsp3) is 0.300. The predicted octanol–water partition coefficient (Wildman–Crippen LogP) is 2.91. The molecule has 162 valence electrons. The maximum atomic E-state index is 12.4. The number of benzene rings is 1. The van der Waals surface area contributed by atoms with Crippen LogP contribution in [0.25, 0.3) is 0 Å². The molecule has 3 aromatic rings. The third-order valence-electron chi connectivity index (χ3n) is 4.73. The maximum absolute atomic E-state index is 12.4. The number of aromatic nitrogens is 4. The molecule has 0 spiro atoms. The highest BCUT2D eigenvalue weighted by Crippen LogP contribution is 2.22. The Morgan fingerprint density at radius 2 is 1.84 bits per heavy atom. The number of aryl methyl sites for hydroxylation is 3. The van der Waals surface area contributed by atoms with Crippen molar-refractivity contribution in [3.63, 3.8) is 0 Å². The number of carbonyl (C=O) groups excluding carboxylic acids is 2. The van der Waals surface area contributed by atoms with Gasteiger partial charge in [0.15, 0.2) is 0 Å². The van der Waals surface area contributed by atoms with Gasteiger partial charge in [-0.15, -0.1) is 0 Å². The Hall–Kier alpha value is -4.02. The Balaban J connectivity index is 1.61. The highest BCUT2D eigenvalue weighted by atomic mass is 16.6. The minimum atomic E-state index is -0.471. The van der Waals surface area contributed by atoms with E-state index in [9.17, 15) is 19.7 Å². The SMILES string of the molecule is CCn1nccc1C(=O)Nc1cccc(NC(=O)CCn2nc(C)c([N+](=O)[O-])c2C)c1. The molecule has 31 heavy (non-hydrogen) atoms. The van der Waals surface area contributed by atoms with Crippen LogP contribution in [0.15, 0.2) is 36.5 Å². The minimum Gasteiger partial charge on any atom is -0.326 e. The second kappa shape index (κ2) is 9.20. The quantitative estimate of drug-likeness (QED) is 0.420. The molecule has 0 bridgehead atoms. The zero-order valence-electron chi connectivity index (χ0n) is 17.5. The Labute approximate surface area is 178 Å². The van der Waals surface area contributed by atoms with E-state index >= 15 is 0 Å². The Morgan fingerprint density at radius 3 is 2.48 bits per heavy atom. The van der Waals surface area contributed by atoms with Gasteiger partial charge < -0.3 is 10.6 Å². The van der Waals surface area contributed by atoms with Crippen LogP contribution in [0.2, 0.25) is 0 Å². The summed E-state index contributed by atoms with van der Waals surface area (Å²) in [6, 6.07) is 8.42. The number of anilines is 2.